The van der Waals surface area contributed by atoms with Gasteiger partial charge in [0.15, 0.2) is 10.9 Å². The van der Waals surface area contributed by atoms with Gasteiger partial charge < -0.3 is 15.5 Å². The number of halogens is 1. The molecule has 0 spiro atoms. The molecule has 1 unspecified atom stereocenters. The van der Waals surface area contributed by atoms with Crippen LogP contribution in [0.15, 0.2) is 22.8 Å². The Labute approximate surface area is 162 Å². The third-order valence-corrected chi connectivity index (χ3v) is 4.76. The Hall–Kier alpha value is -1.36. The largest absolute Gasteiger partial charge is 0.352 e. The van der Waals surface area contributed by atoms with Crippen LogP contribution in [0.3, 0.4) is 0 Å². The van der Waals surface area contributed by atoms with Crippen LogP contribution < -0.4 is 10.6 Å². The van der Waals surface area contributed by atoms with Gasteiger partial charge in [0, 0.05) is 50.4 Å². The minimum absolute atomic E-state index is 0. The molecule has 1 fully saturated rings. The molecule has 0 bridgehead atoms. The van der Waals surface area contributed by atoms with E-state index in [9.17, 15) is 4.79 Å². The van der Waals surface area contributed by atoms with Gasteiger partial charge in [-0.1, -0.05) is 6.92 Å². The maximum atomic E-state index is 11.7. The van der Waals surface area contributed by atoms with Gasteiger partial charge in [-0.05, 0) is 6.42 Å². The monoisotopic (exact) mass is 462 g/mol. The van der Waals surface area contributed by atoms with E-state index < -0.39 is 0 Å². The molecule has 1 aliphatic rings. The predicted molar refractivity (Wildman–Crippen MR) is 107 cm³/mol. The van der Waals surface area contributed by atoms with E-state index in [1.165, 1.54) is 0 Å². The third-order valence-electron chi connectivity index (χ3n) is 3.99. The third kappa shape index (κ3) is 4.38. The number of amides is 1. The van der Waals surface area contributed by atoms with Crippen LogP contribution in [0, 0.1) is 0 Å². The van der Waals surface area contributed by atoms with Crippen molar-refractivity contribution < 1.29 is 4.79 Å². The molecule has 9 heteroatoms. The van der Waals surface area contributed by atoms with Crippen LogP contribution >= 0.6 is 35.3 Å². The van der Waals surface area contributed by atoms with E-state index in [1.807, 2.05) is 34.0 Å². The number of imidazole rings is 1. The molecule has 24 heavy (non-hydrogen) atoms. The summed E-state index contributed by atoms with van der Waals surface area (Å²) in [7, 11) is 1.75. The van der Waals surface area contributed by atoms with E-state index in [1.54, 1.807) is 18.4 Å². The zero-order valence-corrected chi connectivity index (χ0v) is 17.0. The van der Waals surface area contributed by atoms with Crippen molar-refractivity contribution in [3.8, 4) is 0 Å². The molecular weight excluding hydrogens is 439 g/mol. The average Bonchev–Trinajstić information content (AvgIpc) is 3.26. The molecule has 3 heterocycles. The van der Waals surface area contributed by atoms with Gasteiger partial charge in [0.25, 0.3) is 0 Å². The molecule has 1 saturated heterocycles. The second-order valence-corrected chi connectivity index (χ2v) is 6.45. The van der Waals surface area contributed by atoms with Crippen molar-refractivity contribution in [1.29, 1.82) is 0 Å². The molecule has 1 atom stereocenters. The molecule has 1 amide bonds. The Balaban J connectivity index is 0.00000208. The molecule has 0 radical (unpaired) electrons. The molecule has 0 aromatic carbocycles. The van der Waals surface area contributed by atoms with Gasteiger partial charge in [0.1, 0.15) is 0 Å². The Morgan fingerprint density at radius 2 is 2.38 bits per heavy atom. The Morgan fingerprint density at radius 1 is 1.54 bits per heavy atom. The highest BCUT2D eigenvalue weighted by Crippen LogP contribution is 2.12. The number of nitrogens with zero attached hydrogens (tertiary/aromatic N) is 4. The number of carbonyl (C=O) groups is 1. The number of guanidine groups is 1. The quantitative estimate of drug-likeness (QED) is 0.412. The highest BCUT2D eigenvalue weighted by Gasteiger charge is 2.25. The number of hydrogen-bond donors (Lipinski definition) is 2. The van der Waals surface area contributed by atoms with Gasteiger partial charge in [-0.2, -0.15) is 0 Å². The second kappa shape index (κ2) is 8.65. The van der Waals surface area contributed by atoms with E-state index in [0.717, 1.165) is 36.1 Å². The fourth-order valence-electron chi connectivity index (χ4n) is 2.75. The van der Waals surface area contributed by atoms with E-state index in [0.29, 0.717) is 13.0 Å². The summed E-state index contributed by atoms with van der Waals surface area (Å²) in [4.78, 5) is 23.4. The summed E-state index contributed by atoms with van der Waals surface area (Å²) >= 11 is 1.62. The molecule has 2 N–H and O–H groups in total. The second-order valence-electron chi connectivity index (χ2n) is 5.57. The van der Waals surface area contributed by atoms with Crippen LogP contribution in [-0.4, -0.2) is 52.3 Å². The number of likely N-dealkylation sites (tertiary alicyclic amines) is 1. The smallest absolute Gasteiger partial charge is 0.222 e. The van der Waals surface area contributed by atoms with Crippen molar-refractivity contribution >= 4 is 52.1 Å². The molecule has 3 rings (SSSR count). The van der Waals surface area contributed by atoms with E-state index in [-0.39, 0.29) is 35.9 Å². The summed E-state index contributed by atoms with van der Waals surface area (Å²) in [6.07, 6.45) is 5.54. The average molecular weight is 462 g/mol. The first-order valence-electron chi connectivity index (χ1n) is 7.85. The lowest BCUT2D eigenvalue weighted by molar-refractivity contribution is -0.129. The predicted octanol–water partition coefficient (Wildman–Crippen LogP) is 1.69. The van der Waals surface area contributed by atoms with E-state index in [2.05, 4.69) is 20.6 Å². The Bertz CT molecular complexity index is 683. The fourth-order valence-corrected chi connectivity index (χ4v) is 3.47. The molecule has 0 saturated carbocycles. The zero-order valence-electron chi connectivity index (χ0n) is 13.9. The first-order valence-corrected chi connectivity index (χ1v) is 8.73. The lowest BCUT2D eigenvalue weighted by Gasteiger charge is -2.18. The Kier molecular flexibility index (Phi) is 6.84. The maximum absolute atomic E-state index is 11.7. The zero-order chi connectivity index (χ0) is 16.2. The van der Waals surface area contributed by atoms with Crippen LogP contribution in [0.1, 0.15) is 25.5 Å². The van der Waals surface area contributed by atoms with Crippen molar-refractivity contribution in [2.75, 3.05) is 20.1 Å². The van der Waals surface area contributed by atoms with Crippen LogP contribution in [0.4, 0.5) is 0 Å². The topological polar surface area (TPSA) is 74.0 Å². The normalized spacial score (nSPS) is 17.8. The van der Waals surface area contributed by atoms with Gasteiger partial charge in [-0.25, -0.2) is 4.98 Å². The van der Waals surface area contributed by atoms with Crippen molar-refractivity contribution in [3.05, 3.63) is 23.5 Å². The molecule has 7 nitrogen and oxygen atoms in total. The number of carbonyl (C=O) groups excluding carboxylic acids is 1. The number of fused-ring (bicyclic) bond motifs is 1. The Morgan fingerprint density at radius 3 is 3.08 bits per heavy atom. The number of aliphatic imine (C=N–C) groups is 1. The number of aromatic nitrogens is 2. The summed E-state index contributed by atoms with van der Waals surface area (Å²) in [5, 5.41) is 8.69. The number of nitrogens with one attached hydrogen (secondary N) is 2. The van der Waals surface area contributed by atoms with Crippen molar-refractivity contribution in [3.63, 3.8) is 0 Å². The minimum Gasteiger partial charge on any atom is -0.352 e. The highest BCUT2D eigenvalue weighted by molar-refractivity contribution is 14.0. The summed E-state index contributed by atoms with van der Waals surface area (Å²) in [5.41, 5.74) is 0.981. The lowest BCUT2D eigenvalue weighted by atomic mass is 10.3. The molecular formula is C15H23IN6OS. The first kappa shape index (κ1) is 19.0. The van der Waals surface area contributed by atoms with Crippen LogP contribution in [0.5, 0.6) is 0 Å². The fraction of sp³-hybridized carbons (Fsp3) is 0.533. The number of thiazole rings is 1. The molecule has 132 valence electrons. The van der Waals surface area contributed by atoms with E-state index >= 15 is 0 Å². The van der Waals surface area contributed by atoms with Crippen molar-refractivity contribution in [2.45, 2.75) is 32.4 Å². The van der Waals surface area contributed by atoms with Crippen LogP contribution in [-0.2, 0) is 11.3 Å². The van der Waals surface area contributed by atoms with Gasteiger partial charge >= 0.3 is 0 Å². The van der Waals surface area contributed by atoms with Crippen molar-refractivity contribution in [2.24, 2.45) is 4.99 Å². The number of hydrogen-bond acceptors (Lipinski definition) is 4. The summed E-state index contributed by atoms with van der Waals surface area (Å²) in [6, 6.07) is 0.252. The SMILES string of the molecule is CCC(=O)N1CCC(NC(=NC)NCc2cn3ccsc3n2)C1.I. The van der Waals surface area contributed by atoms with Gasteiger partial charge in [0.05, 0.1) is 12.2 Å². The van der Waals surface area contributed by atoms with Crippen LogP contribution in [0.2, 0.25) is 0 Å². The maximum Gasteiger partial charge on any atom is 0.222 e. The minimum atomic E-state index is 0. The molecule has 2 aromatic rings. The molecule has 1 aliphatic heterocycles. The first-order chi connectivity index (χ1) is 11.2. The molecule has 0 aliphatic carbocycles. The van der Waals surface area contributed by atoms with E-state index in [4.69, 9.17) is 0 Å². The molecule has 2 aromatic heterocycles. The van der Waals surface area contributed by atoms with Crippen LogP contribution in [0.25, 0.3) is 4.96 Å². The summed E-state index contributed by atoms with van der Waals surface area (Å²) < 4.78 is 2.02. The standard InChI is InChI=1S/C15H22N6OS.HI/c1-3-13(22)20-5-4-11(9-20)18-14(16-2)17-8-12-10-21-6-7-23-15(21)19-12;/h6-7,10-11H,3-5,8-9H2,1-2H3,(H2,16,17,18);1H. The summed E-state index contributed by atoms with van der Waals surface area (Å²) in [5.74, 6) is 0.965. The van der Waals surface area contributed by atoms with Gasteiger partial charge in [-0.15, -0.1) is 35.3 Å². The number of rotatable bonds is 4. The highest BCUT2D eigenvalue weighted by atomic mass is 127. The van der Waals surface area contributed by atoms with Gasteiger partial charge in [0.2, 0.25) is 5.91 Å². The van der Waals surface area contributed by atoms with Crippen molar-refractivity contribution in [1.82, 2.24) is 24.9 Å². The summed E-state index contributed by atoms with van der Waals surface area (Å²) in [6.45, 7) is 4.09. The van der Waals surface area contributed by atoms with Gasteiger partial charge in [-0.3, -0.25) is 14.2 Å². The lowest BCUT2D eigenvalue weighted by Crippen LogP contribution is -2.44.